The largest absolute Gasteiger partial charge is 0.346 e. The third-order valence-corrected chi connectivity index (χ3v) is 4.02. The van der Waals surface area contributed by atoms with Crippen LogP contribution in [0.2, 0.25) is 0 Å². The van der Waals surface area contributed by atoms with Crippen molar-refractivity contribution in [2.75, 3.05) is 13.6 Å². The van der Waals surface area contributed by atoms with Gasteiger partial charge in [0.15, 0.2) is 0 Å². The van der Waals surface area contributed by atoms with Gasteiger partial charge in [-0.05, 0) is 31.1 Å². The molecule has 6 nitrogen and oxygen atoms in total. The topological polar surface area (TPSA) is 67.2 Å². The molecule has 1 aromatic heterocycles. The Kier molecular flexibility index (Phi) is 6.11. The maximum absolute atomic E-state index is 12.4. The number of amides is 2. The predicted molar refractivity (Wildman–Crippen MR) is 96.9 cm³/mol. The Bertz CT molecular complexity index is 753. The maximum atomic E-state index is 12.4. The third-order valence-electron chi connectivity index (χ3n) is 4.02. The quantitative estimate of drug-likeness (QED) is 0.784. The number of carbonyl (C=O) groups is 2. The van der Waals surface area contributed by atoms with E-state index in [1.54, 1.807) is 19.6 Å². The Hall–Kier alpha value is -2.89. The highest BCUT2D eigenvalue weighted by atomic mass is 16.2. The van der Waals surface area contributed by atoms with Crippen molar-refractivity contribution in [1.82, 2.24) is 19.8 Å². The highest BCUT2D eigenvalue weighted by molar-refractivity contribution is 5.90. The van der Waals surface area contributed by atoms with Crippen LogP contribution in [0.4, 0.5) is 0 Å². The minimum Gasteiger partial charge on any atom is -0.346 e. The lowest BCUT2D eigenvalue weighted by Gasteiger charge is -2.23. The van der Waals surface area contributed by atoms with Gasteiger partial charge in [-0.3, -0.25) is 9.59 Å². The summed E-state index contributed by atoms with van der Waals surface area (Å²) in [5.41, 5.74) is 3.33. The highest BCUT2D eigenvalue weighted by Crippen LogP contribution is 2.21. The minimum atomic E-state index is -0.284. The molecule has 0 aliphatic rings. The third kappa shape index (κ3) is 5.04. The van der Waals surface area contributed by atoms with Gasteiger partial charge in [-0.2, -0.15) is 0 Å². The average Bonchev–Trinajstić information content (AvgIpc) is 3.06. The SMILES string of the molecule is C=CC(=O)N(C)CC(=O)NC(Cn1ccnc1)c1ccc(C)cc1C. The standard InChI is InChI=1S/C19H24N4O2/c1-5-19(25)22(4)12-18(24)21-17(11-23-9-8-20-13-23)16-7-6-14(2)10-15(16)3/h5-10,13,17H,1,11-12H2,2-4H3,(H,21,24). The summed E-state index contributed by atoms with van der Waals surface area (Å²) in [5.74, 6) is -0.504. The molecule has 1 aromatic carbocycles. The number of carbonyl (C=O) groups excluding carboxylic acids is 2. The van der Waals surface area contributed by atoms with E-state index >= 15 is 0 Å². The molecule has 1 atom stereocenters. The van der Waals surface area contributed by atoms with Crippen molar-refractivity contribution in [3.05, 3.63) is 66.3 Å². The summed E-state index contributed by atoms with van der Waals surface area (Å²) in [5, 5.41) is 3.03. The summed E-state index contributed by atoms with van der Waals surface area (Å²) in [6.07, 6.45) is 6.48. The van der Waals surface area contributed by atoms with E-state index in [0.29, 0.717) is 6.54 Å². The van der Waals surface area contributed by atoms with Gasteiger partial charge in [0.25, 0.3) is 0 Å². The number of nitrogens with one attached hydrogen (secondary N) is 1. The molecule has 2 rings (SSSR count). The number of hydrogen-bond acceptors (Lipinski definition) is 3. The molecule has 0 aliphatic heterocycles. The van der Waals surface area contributed by atoms with Crippen molar-refractivity contribution in [3.8, 4) is 0 Å². The van der Waals surface area contributed by atoms with Crippen LogP contribution in [0, 0.1) is 13.8 Å². The second-order valence-electron chi connectivity index (χ2n) is 6.14. The molecule has 2 amide bonds. The molecular formula is C19H24N4O2. The van der Waals surface area contributed by atoms with E-state index in [2.05, 4.69) is 22.9 Å². The van der Waals surface area contributed by atoms with Crippen LogP contribution >= 0.6 is 0 Å². The molecule has 2 aromatic rings. The molecule has 132 valence electrons. The molecule has 0 fully saturated rings. The summed E-state index contributed by atoms with van der Waals surface area (Å²) in [7, 11) is 1.57. The molecule has 25 heavy (non-hydrogen) atoms. The van der Waals surface area contributed by atoms with Crippen LogP contribution in [-0.4, -0.2) is 39.9 Å². The van der Waals surface area contributed by atoms with Gasteiger partial charge in [-0.25, -0.2) is 4.98 Å². The lowest BCUT2D eigenvalue weighted by Crippen LogP contribution is -2.40. The molecule has 1 heterocycles. The number of aromatic nitrogens is 2. The fourth-order valence-electron chi connectivity index (χ4n) is 2.73. The summed E-state index contributed by atoms with van der Waals surface area (Å²) in [6.45, 7) is 8.05. The van der Waals surface area contributed by atoms with Crippen molar-refractivity contribution in [3.63, 3.8) is 0 Å². The van der Waals surface area contributed by atoms with Gasteiger partial charge >= 0.3 is 0 Å². The Morgan fingerprint density at radius 3 is 2.76 bits per heavy atom. The number of benzene rings is 1. The molecule has 0 aliphatic carbocycles. The summed E-state index contributed by atoms with van der Waals surface area (Å²) in [6, 6.07) is 5.94. The molecule has 0 bridgehead atoms. The first-order valence-electron chi connectivity index (χ1n) is 8.10. The monoisotopic (exact) mass is 340 g/mol. The first-order valence-corrected chi connectivity index (χ1v) is 8.10. The van der Waals surface area contributed by atoms with Crippen molar-refractivity contribution >= 4 is 11.8 Å². The van der Waals surface area contributed by atoms with Crippen molar-refractivity contribution in [1.29, 1.82) is 0 Å². The fraction of sp³-hybridized carbons (Fsp3) is 0.316. The van der Waals surface area contributed by atoms with Crippen molar-refractivity contribution in [2.45, 2.75) is 26.4 Å². The zero-order chi connectivity index (χ0) is 18.4. The molecular weight excluding hydrogens is 316 g/mol. The van der Waals surface area contributed by atoms with Crippen LogP contribution in [0.15, 0.2) is 49.6 Å². The summed E-state index contributed by atoms with van der Waals surface area (Å²) in [4.78, 5) is 29.4. The van der Waals surface area contributed by atoms with Crippen LogP contribution < -0.4 is 5.32 Å². The molecule has 6 heteroatoms. The first-order chi connectivity index (χ1) is 11.9. The van der Waals surface area contributed by atoms with E-state index in [0.717, 1.165) is 11.1 Å². The Morgan fingerprint density at radius 2 is 2.16 bits per heavy atom. The summed E-state index contributed by atoms with van der Waals surface area (Å²) >= 11 is 0. The zero-order valence-electron chi connectivity index (χ0n) is 14.9. The van der Waals surface area contributed by atoms with Gasteiger partial charge in [0.05, 0.1) is 18.9 Å². The molecule has 1 unspecified atom stereocenters. The normalized spacial score (nSPS) is 11.6. The molecule has 0 saturated carbocycles. The minimum absolute atomic E-state index is 0.0177. The van der Waals surface area contributed by atoms with Crippen molar-refractivity contribution < 1.29 is 9.59 Å². The Balaban J connectivity index is 2.18. The molecule has 0 saturated heterocycles. The number of aryl methyl sites for hydroxylation is 2. The molecule has 0 radical (unpaired) electrons. The molecule has 0 spiro atoms. The van der Waals surface area contributed by atoms with E-state index in [4.69, 9.17) is 0 Å². The van der Waals surface area contributed by atoms with Crippen LogP contribution in [-0.2, 0) is 16.1 Å². The average molecular weight is 340 g/mol. The number of imidazole rings is 1. The van der Waals surface area contributed by atoms with Crippen LogP contribution in [0.3, 0.4) is 0 Å². The van der Waals surface area contributed by atoms with Gasteiger partial charge in [0.2, 0.25) is 11.8 Å². The maximum Gasteiger partial charge on any atom is 0.246 e. The fourth-order valence-corrected chi connectivity index (χ4v) is 2.73. The van der Waals surface area contributed by atoms with E-state index in [1.807, 2.05) is 36.7 Å². The van der Waals surface area contributed by atoms with Gasteiger partial charge in [0.1, 0.15) is 0 Å². The second-order valence-corrected chi connectivity index (χ2v) is 6.14. The van der Waals surface area contributed by atoms with E-state index in [9.17, 15) is 9.59 Å². The van der Waals surface area contributed by atoms with E-state index in [1.165, 1.54) is 16.5 Å². The number of hydrogen-bond donors (Lipinski definition) is 1. The van der Waals surface area contributed by atoms with Crippen LogP contribution in [0.5, 0.6) is 0 Å². The molecule has 1 N–H and O–H groups in total. The number of likely N-dealkylation sites (N-methyl/N-ethyl adjacent to an activating group) is 1. The van der Waals surface area contributed by atoms with Crippen molar-refractivity contribution in [2.24, 2.45) is 0 Å². The predicted octanol–water partition coefficient (Wildman–Crippen LogP) is 2.00. The first kappa shape index (κ1) is 18.4. The Labute approximate surface area is 148 Å². The van der Waals surface area contributed by atoms with Gasteiger partial charge in [-0.15, -0.1) is 0 Å². The number of nitrogens with zero attached hydrogens (tertiary/aromatic N) is 3. The van der Waals surface area contributed by atoms with Gasteiger partial charge in [0, 0.05) is 26.0 Å². The van der Waals surface area contributed by atoms with Gasteiger partial charge < -0.3 is 14.8 Å². The number of rotatable bonds is 7. The highest BCUT2D eigenvalue weighted by Gasteiger charge is 2.19. The Morgan fingerprint density at radius 1 is 1.40 bits per heavy atom. The van der Waals surface area contributed by atoms with Crippen LogP contribution in [0.25, 0.3) is 0 Å². The smallest absolute Gasteiger partial charge is 0.246 e. The lowest BCUT2D eigenvalue weighted by atomic mass is 9.99. The lowest BCUT2D eigenvalue weighted by molar-refractivity contribution is -0.131. The summed E-state index contributed by atoms with van der Waals surface area (Å²) < 4.78 is 1.92. The van der Waals surface area contributed by atoms with Gasteiger partial charge in [-0.1, -0.05) is 30.3 Å². The van der Waals surface area contributed by atoms with E-state index < -0.39 is 0 Å². The second kappa shape index (κ2) is 8.28. The zero-order valence-corrected chi connectivity index (χ0v) is 14.9. The van der Waals surface area contributed by atoms with Crippen LogP contribution in [0.1, 0.15) is 22.7 Å². The van der Waals surface area contributed by atoms with E-state index in [-0.39, 0.29) is 24.4 Å².